The topological polar surface area (TPSA) is 53.1 Å². The highest BCUT2D eigenvalue weighted by atomic mass is 19.1. The van der Waals surface area contributed by atoms with E-state index >= 15 is 0 Å². The van der Waals surface area contributed by atoms with E-state index in [9.17, 15) is 9.18 Å². The predicted molar refractivity (Wildman–Crippen MR) is 70.7 cm³/mol. The Morgan fingerprint density at radius 2 is 1.95 bits per heavy atom. The summed E-state index contributed by atoms with van der Waals surface area (Å²) in [4.78, 5) is 14.0. The van der Waals surface area contributed by atoms with E-state index in [0.29, 0.717) is 16.5 Å². The highest BCUT2D eigenvalue weighted by Gasteiger charge is 2.12. The van der Waals surface area contributed by atoms with Crippen molar-refractivity contribution in [2.45, 2.75) is 0 Å². The molecule has 0 spiro atoms. The first-order chi connectivity index (χ1) is 9.16. The van der Waals surface area contributed by atoms with Gasteiger partial charge in [-0.05, 0) is 23.8 Å². The molecule has 0 saturated heterocycles. The van der Waals surface area contributed by atoms with E-state index in [0.717, 1.165) is 5.52 Å². The second-order valence-electron chi connectivity index (χ2n) is 4.25. The van der Waals surface area contributed by atoms with E-state index in [1.165, 1.54) is 12.3 Å². The molecule has 1 aromatic heterocycles. The van der Waals surface area contributed by atoms with Gasteiger partial charge in [0.25, 0.3) is 0 Å². The second kappa shape index (κ2) is 4.24. The molecule has 3 aromatic rings. The lowest BCUT2D eigenvalue weighted by Gasteiger charge is -2.03. The molecule has 0 saturated carbocycles. The van der Waals surface area contributed by atoms with Gasteiger partial charge in [0.1, 0.15) is 5.82 Å². The molecule has 0 aliphatic heterocycles. The predicted octanol–water partition coefficient (Wildman–Crippen LogP) is 3.67. The molecule has 2 aromatic carbocycles. The largest absolute Gasteiger partial charge is 0.478 e. The van der Waals surface area contributed by atoms with Crippen LogP contribution in [0.2, 0.25) is 0 Å². The molecule has 0 aliphatic rings. The number of aromatic carboxylic acids is 1. The molecule has 94 valence electrons. The maximum atomic E-state index is 13.7. The Morgan fingerprint density at radius 3 is 2.68 bits per heavy atom. The molecule has 0 radical (unpaired) electrons. The number of hydrogen-bond acceptors (Lipinski definition) is 1. The first-order valence-corrected chi connectivity index (χ1v) is 5.76. The highest BCUT2D eigenvalue weighted by Crippen LogP contribution is 2.27. The zero-order chi connectivity index (χ0) is 13.4. The smallest absolute Gasteiger partial charge is 0.337 e. The zero-order valence-corrected chi connectivity index (χ0v) is 9.85. The molecule has 3 nitrogen and oxygen atoms in total. The maximum Gasteiger partial charge on any atom is 0.337 e. The van der Waals surface area contributed by atoms with Gasteiger partial charge in [0.05, 0.1) is 5.56 Å². The Labute approximate surface area is 108 Å². The molecule has 4 heteroatoms. The summed E-state index contributed by atoms with van der Waals surface area (Å²) in [6.45, 7) is 0. The van der Waals surface area contributed by atoms with Crippen LogP contribution in [0.15, 0.2) is 48.7 Å². The summed E-state index contributed by atoms with van der Waals surface area (Å²) in [5.74, 6) is -1.33. The van der Waals surface area contributed by atoms with Crippen LogP contribution in [0.4, 0.5) is 4.39 Å². The number of benzene rings is 2. The Bertz CT molecular complexity index is 777. The van der Waals surface area contributed by atoms with Crippen molar-refractivity contribution in [3.8, 4) is 11.1 Å². The maximum absolute atomic E-state index is 13.7. The van der Waals surface area contributed by atoms with Gasteiger partial charge in [0, 0.05) is 22.7 Å². The van der Waals surface area contributed by atoms with Crippen LogP contribution in [0, 0.1) is 5.82 Å². The van der Waals surface area contributed by atoms with Gasteiger partial charge >= 0.3 is 5.97 Å². The lowest BCUT2D eigenvalue weighted by atomic mass is 10.0. The molecular formula is C15H10FNO2. The lowest BCUT2D eigenvalue weighted by molar-refractivity contribution is 0.0699. The summed E-state index contributed by atoms with van der Waals surface area (Å²) >= 11 is 0. The van der Waals surface area contributed by atoms with Crippen LogP contribution in [0.1, 0.15) is 10.4 Å². The zero-order valence-electron chi connectivity index (χ0n) is 9.85. The van der Waals surface area contributed by atoms with Crippen LogP contribution in [-0.4, -0.2) is 16.1 Å². The molecule has 0 aliphatic carbocycles. The van der Waals surface area contributed by atoms with Gasteiger partial charge in [0.15, 0.2) is 0 Å². The number of carboxylic acid groups (broad SMARTS) is 1. The SMILES string of the molecule is O=C(O)c1c[nH]c2ccc(-c3ccccc3F)cc12. The fourth-order valence-corrected chi connectivity index (χ4v) is 2.16. The molecule has 0 fully saturated rings. The number of nitrogens with one attached hydrogen (secondary N) is 1. The van der Waals surface area contributed by atoms with Crippen molar-refractivity contribution in [3.05, 3.63) is 60.0 Å². The minimum absolute atomic E-state index is 0.188. The van der Waals surface area contributed by atoms with Crippen molar-refractivity contribution < 1.29 is 14.3 Å². The van der Waals surface area contributed by atoms with Gasteiger partial charge in [-0.15, -0.1) is 0 Å². The summed E-state index contributed by atoms with van der Waals surface area (Å²) in [6.07, 6.45) is 1.44. The summed E-state index contributed by atoms with van der Waals surface area (Å²) in [5, 5.41) is 9.67. The first-order valence-electron chi connectivity index (χ1n) is 5.76. The number of rotatable bonds is 2. The molecule has 0 bridgehead atoms. The number of halogens is 1. The van der Waals surface area contributed by atoms with Gasteiger partial charge in [-0.1, -0.05) is 24.3 Å². The van der Waals surface area contributed by atoms with Crippen LogP contribution in [-0.2, 0) is 0 Å². The third-order valence-corrected chi connectivity index (χ3v) is 3.10. The monoisotopic (exact) mass is 255 g/mol. The van der Waals surface area contributed by atoms with Crippen molar-refractivity contribution in [2.24, 2.45) is 0 Å². The van der Waals surface area contributed by atoms with Gasteiger partial charge in [-0.3, -0.25) is 0 Å². The second-order valence-corrected chi connectivity index (χ2v) is 4.25. The highest BCUT2D eigenvalue weighted by molar-refractivity contribution is 6.04. The average Bonchev–Trinajstić information content (AvgIpc) is 2.82. The number of aromatic amines is 1. The summed E-state index contributed by atoms with van der Waals surface area (Å²) in [7, 11) is 0. The number of H-pyrrole nitrogens is 1. The molecule has 0 amide bonds. The number of aromatic nitrogens is 1. The van der Waals surface area contributed by atoms with E-state index in [-0.39, 0.29) is 11.4 Å². The average molecular weight is 255 g/mol. The van der Waals surface area contributed by atoms with Crippen LogP contribution in [0.5, 0.6) is 0 Å². The summed E-state index contributed by atoms with van der Waals surface area (Å²) in [6, 6.07) is 11.6. The summed E-state index contributed by atoms with van der Waals surface area (Å²) < 4.78 is 13.7. The summed E-state index contributed by atoms with van der Waals surface area (Å²) in [5.41, 5.74) is 2.03. The number of fused-ring (bicyclic) bond motifs is 1. The minimum Gasteiger partial charge on any atom is -0.478 e. The van der Waals surface area contributed by atoms with E-state index < -0.39 is 5.97 Å². The van der Waals surface area contributed by atoms with Crippen LogP contribution in [0.25, 0.3) is 22.0 Å². The van der Waals surface area contributed by atoms with Crippen molar-refractivity contribution in [1.82, 2.24) is 4.98 Å². The first kappa shape index (κ1) is 11.5. The van der Waals surface area contributed by atoms with Crippen molar-refractivity contribution in [1.29, 1.82) is 0 Å². The minimum atomic E-state index is -1.00. The Hall–Kier alpha value is -2.62. The molecule has 0 atom stereocenters. The Balaban J connectivity index is 2.24. The molecule has 1 heterocycles. The molecule has 2 N–H and O–H groups in total. The fourth-order valence-electron chi connectivity index (χ4n) is 2.16. The number of hydrogen-bond donors (Lipinski definition) is 2. The van der Waals surface area contributed by atoms with Crippen molar-refractivity contribution in [3.63, 3.8) is 0 Å². The standard InChI is InChI=1S/C15H10FNO2/c16-13-4-2-1-3-10(13)9-5-6-14-11(7-9)12(8-17-14)15(18)19/h1-8,17H,(H,18,19). The number of carboxylic acids is 1. The van der Waals surface area contributed by atoms with E-state index in [4.69, 9.17) is 5.11 Å². The van der Waals surface area contributed by atoms with Crippen LogP contribution in [0.3, 0.4) is 0 Å². The fraction of sp³-hybridized carbons (Fsp3) is 0. The van der Waals surface area contributed by atoms with Gasteiger partial charge in [-0.2, -0.15) is 0 Å². The lowest BCUT2D eigenvalue weighted by Crippen LogP contribution is -1.93. The van der Waals surface area contributed by atoms with Crippen molar-refractivity contribution >= 4 is 16.9 Å². The molecule has 0 unspecified atom stereocenters. The third kappa shape index (κ3) is 1.87. The molecular weight excluding hydrogens is 245 g/mol. The van der Waals surface area contributed by atoms with Crippen LogP contribution < -0.4 is 0 Å². The van der Waals surface area contributed by atoms with Crippen molar-refractivity contribution in [2.75, 3.05) is 0 Å². The van der Waals surface area contributed by atoms with Gasteiger partial charge < -0.3 is 10.1 Å². The van der Waals surface area contributed by atoms with E-state index in [1.807, 2.05) is 0 Å². The quantitative estimate of drug-likeness (QED) is 0.734. The van der Waals surface area contributed by atoms with E-state index in [2.05, 4.69) is 4.98 Å². The van der Waals surface area contributed by atoms with Gasteiger partial charge in [0.2, 0.25) is 0 Å². The Morgan fingerprint density at radius 1 is 1.16 bits per heavy atom. The molecule has 19 heavy (non-hydrogen) atoms. The number of carbonyl (C=O) groups is 1. The van der Waals surface area contributed by atoms with Gasteiger partial charge in [-0.25, -0.2) is 9.18 Å². The molecule has 3 rings (SSSR count). The normalized spacial score (nSPS) is 10.8. The van der Waals surface area contributed by atoms with E-state index in [1.54, 1.807) is 36.4 Å². The third-order valence-electron chi connectivity index (χ3n) is 3.10. The van der Waals surface area contributed by atoms with Crippen LogP contribution >= 0.6 is 0 Å². The Kier molecular flexibility index (Phi) is 2.56.